The molecule has 3 rings (SSSR count). The van der Waals surface area contributed by atoms with E-state index in [-0.39, 0.29) is 24.3 Å². The highest BCUT2D eigenvalue weighted by Gasteiger charge is 2.31. The highest BCUT2D eigenvalue weighted by molar-refractivity contribution is 5.80. The minimum atomic E-state index is -0.00791. The number of likely N-dealkylation sites (tertiary alicyclic amines) is 1. The van der Waals surface area contributed by atoms with Crippen LogP contribution in [0.3, 0.4) is 0 Å². The molecule has 1 N–H and O–H groups in total. The molecule has 26 heavy (non-hydrogen) atoms. The molecule has 0 saturated carbocycles. The van der Waals surface area contributed by atoms with E-state index in [1.807, 2.05) is 47.2 Å². The smallest absolute Gasteiger partial charge is 0.260 e. The van der Waals surface area contributed by atoms with Crippen LogP contribution in [-0.2, 0) is 9.59 Å². The second-order valence-corrected chi connectivity index (χ2v) is 7.19. The molecule has 2 saturated heterocycles. The first-order valence-corrected chi connectivity index (χ1v) is 9.58. The third-order valence-electron chi connectivity index (χ3n) is 5.51. The van der Waals surface area contributed by atoms with Crippen molar-refractivity contribution in [1.82, 2.24) is 15.1 Å². The van der Waals surface area contributed by atoms with Crippen LogP contribution < -0.4 is 10.1 Å². The number of carbonyl (C=O) groups excluding carboxylic acids is 2. The van der Waals surface area contributed by atoms with Crippen LogP contribution in [0.5, 0.6) is 5.75 Å². The van der Waals surface area contributed by atoms with Gasteiger partial charge in [0, 0.05) is 32.1 Å². The molecule has 6 heteroatoms. The number of nitrogens with one attached hydrogen (secondary N) is 1. The molecule has 2 aliphatic rings. The number of nitrogens with zero attached hydrogens (tertiary/aromatic N) is 2. The van der Waals surface area contributed by atoms with E-state index < -0.39 is 0 Å². The Morgan fingerprint density at radius 1 is 1.12 bits per heavy atom. The van der Waals surface area contributed by atoms with Gasteiger partial charge in [-0.05, 0) is 50.9 Å². The molecule has 0 radical (unpaired) electrons. The number of hydrogen-bond acceptors (Lipinski definition) is 4. The molecular formula is C20H29N3O3. The fourth-order valence-electron chi connectivity index (χ4n) is 3.79. The van der Waals surface area contributed by atoms with E-state index >= 15 is 0 Å². The van der Waals surface area contributed by atoms with Gasteiger partial charge in [-0.2, -0.15) is 0 Å². The predicted molar refractivity (Wildman–Crippen MR) is 99.9 cm³/mol. The van der Waals surface area contributed by atoms with Crippen LogP contribution in [0.1, 0.15) is 25.7 Å². The van der Waals surface area contributed by atoms with Gasteiger partial charge in [0.15, 0.2) is 6.61 Å². The number of carbonyl (C=O) groups is 2. The van der Waals surface area contributed by atoms with Crippen molar-refractivity contribution in [2.75, 3.05) is 39.8 Å². The van der Waals surface area contributed by atoms with Crippen LogP contribution >= 0.6 is 0 Å². The lowest BCUT2D eigenvalue weighted by Crippen LogP contribution is -2.49. The molecule has 2 amide bonds. The molecule has 2 aliphatic heterocycles. The van der Waals surface area contributed by atoms with Gasteiger partial charge >= 0.3 is 0 Å². The maximum Gasteiger partial charge on any atom is 0.260 e. The molecule has 0 atom stereocenters. The summed E-state index contributed by atoms with van der Waals surface area (Å²) in [6.07, 6.45) is 3.53. The van der Waals surface area contributed by atoms with Crippen LogP contribution in [0.15, 0.2) is 30.3 Å². The Hall–Kier alpha value is -2.08. The Balaban J connectivity index is 1.43. The average Bonchev–Trinajstić information content (AvgIpc) is 2.72. The SMILES string of the molecule is CN(C(=O)C1CCN(C(=O)COc2ccccc2)CC1)C1CCNCC1. The zero-order valence-corrected chi connectivity index (χ0v) is 15.5. The van der Waals surface area contributed by atoms with E-state index in [9.17, 15) is 9.59 Å². The van der Waals surface area contributed by atoms with E-state index in [4.69, 9.17) is 4.74 Å². The normalized spacial score (nSPS) is 19.2. The molecule has 1 aromatic rings. The van der Waals surface area contributed by atoms with Crippen LogP contribution in [-0.4, -0.2) is 67.5 Å². The first-order chi connectivity index (χ1) is 12.6. The summed E-state index contributed by atoms with van der Waals surface area (Å²) in [7, 11) is 1.93. The second kappa shape index (κ2) is 9.03. The van der Waals surface area contributed by atoms with Gasteiger partial charge in [-0.1, -0.05) is 18.2 Å². The number of amides is 2. The zero-order valence-electron chi connectivity index (χ0n) is 15.5. The molecular weight excluding hydrogens is 330 g/mol. The van der Waals surface area contributed by atoms with Crippen LogP contribution in [0.25, 0.3) is 0 Å². The van der Waals surface area contributed by atoms with Crippen molar-refractivity contribution < 1.29 is 14.3 Å². The van der Waals surface area contributed by atoms with Crippen LogP contribution in [0, 0.1) is 5.92 Å². The lowest BCUT2D eigenvalue weighted by atomic mass is 9.94. The quantitative estimate of drug-likeness (QED) is 0.866. The molecule has 6 nitrogen and oxygen atoms in total. The Bertz CT molecular complexity index is 594. The summed E-state index contributed by atoms with van der Waals surface area (Å²) in [5.74, 6) is 0.972. The molecule has 0 unspecified atom stereocenters. The summed E-state index contributed by atoms with van der Waals surface area (Å²) in [4.78, 5) is 28.9. The highest BCUT2D eigenvalue weighted by atomic mass is 16.5. The van der Waals surface area contributed by atoms with E-state index in [1.165, 1.54) is 0 Å². The Morgan fingerprint density at radius 2 is 1.77 bits per heavy atom. The summed E-state index contributed by atoms with van der Waals surface area (Å²) in [6.45, 7) is 3.28. The van der Waals surface area contributed by atoms with E-state index in [2.05, 4.69) is 5.32 Å². The van der Waals surface area contributed by atoms with Crippen molar-refractivity contribution >= 4 is 11.8 Å². The minimum absolute atomic E-state index is 0.00791. The van der Waals surface area contributed by atoms with Gasteiger partial charge in [0.1, 0.15) is 5.75 Å². The van der Waals surface area contributed by atoms with Gasteiger partial charge in [-0.25, -0.2) is 0 Å². The fraction of sp³-hybridized carbons (Fsp3) is 0.600. The Kier molecular flexibility index (Phi) is 6.50. The van der Waals surface area contributed by atoms with Gasteiger partial charge in [-0.3, -0.25) is 9.59 Å². The van der Waals surface area contributed by atoms with E-state index in [0.717, 1.165) is 38.8 Å². The van der Waals surface area contributed by atoms with Crippen molar-refractivity contribution in [2.24, 2.45) is 5.92 Å². The van der Waals surface area contributed by atoms with Gasteiger partial charge < -0.3 is 19.9 Å². The Labute approximate surface area is 155 Å². The number of rotatable bonds is 5. The van der Waals surface area contributed by atoms with Gasteiger partial charge in [0.2, 0.25) is 5.91 Å². The lowest BCUT2D eigenvalue weighted by molar-refractivity contribution is -0.142. The Morgan fingerprint density at radius 3 is 2.42 bits per heavy atom. The molecule has 1 aromatic carbocycles. The summed E-state index contributed by atoms with van der Waals surface area (Å²) in [5, 5.41) is 3.34. The number of hydrogen-bond donors (Lipinski definition) is 1. The first kappa shape index (κ1) is 18.7. The third kappa shape index (κ3) is 4.75. The predicted octanol–water partition coefficient (Wildman–Crippen LogP) is 1.51. The number of benzene rings is 1. The highest BCUT2D eigenvalue weighted by Crippen LogP contribution is 2.22. The molecule has 2 fully saturated rings. The molecule has 0 aliphatic carbocycles. The summed E-state index contributed by atoms with van der Waals surface area (Å²) >= 11 is 0. The molecule has 142 valence electrons. The number of para-hydroxylation sites is 1. The van der Waals surface area contributed by atoms with Crippen LogP contribution in [0.2, 0.25) is 0 Å². The van der Waals surface area contributed by atoms with Gasteiger partial charge in [0.05, 0.1) is 0 Å². The van der Waals surface area contributed by atoms with Crippen molar-refractivity contribution in [3.8, 4) is 5.75 Å². The van der Waals surface area contributed by atoms with E-state index in [0.29, 0.717) is 24.9 Å². The standard InChI is InChI=1S/C20H29N3O3/c1-22(17-7-11-21-12-8-17)20(25)16-9-13-23(14-10-16)19(24)15-26-18-5-3-2-4-6-18/h2-6,16-17,21H,7-15H2,1H3. The topological polar surface area (TPSA) is 61.9 Å². The molecule has 0 aromatic heterocycles. The lowest BCUT2D eigenvalue weighted by Gasteiger charge is -2.37. The monoisotopic (exact) mass is 359 g/mol. The summed E-state index contributed by atoms with van der Waals surface area (Å²) in [5.41, 5.74) is 0. The minimum Gasteiger partial charge on any atom is -0.484 e. The molecule has 0 bridgehead atoms. The summed E-state index contributed by atoms with van der Waals surface area (Å²) in [6, 6.07) is 9.72. The maximum atomic E-state index is 12.8. The third-order valence-corrected chi connectivity index (χ3v) is 5.51. The molecule has 2 heterocycles. The average molecular weight is 359 g/mol. The van der Waals surface area contributed by atoms with Crippen LogP contribution in [0.4, 0.5) is 0 Å². The van der Waals surface area contributed by atoms with Gasteiger partial charge in [0.25, 0.3) is 5.91 Å². The first-order valence-electron chi connectivity index (χ1n) is 9.58. The zero-order chi connectivity index (χ0) is 18.4. The summed E-state index contributed by atoms with van der Waals surface area (Å²) < 4.78 is 5.54. The fourth-order valence-corrected chi connectivity index (χ4v) is 3.79. The number of piperidine rings is 2. The number of ether oxygens (including phenoxy) is 1. The van der Waals surface area contributed by atoms with Gasteiger partial charge in [-0.15, -0.1) is 0 Å². The maximum absolute atomic E-state index is 12.8. The van der Waals surface area contributed by atoms with Crippen molar-refractivity contribution in [3.63, 3.8) is 0 Å². The molecule has 0 spiro atoms. The van der Waals surface area contributed by atoms with Crippen molar-refractivity contribution in [2.45, 2.75) is 31.7 Å². The van der Waals surface area contributed by atoms with Crippen molar-refractivity contribution in [1.29, 1.82) is 0 Å². The van der Waals surface area contributed by atoms with Crippen molar-refractivity contribution in [3.05, 3.63) is 30.3 Å². The largest absolute Gasteiger partial charge is 0.484 e. The van der Waals surface area contributed by atoms with E-state index in [1.54, 1.807) is 0 Å². The second-order valence-electron chi connectivity index (χ2n) is 7.19.